The summed E-state index contributed by atoms with van der Waals surface area (Å²) >= 11 is 6.34. The number of nitrogens with zero attached hydrogens (tertiary/aromatic N) is 3. The predicted molar refractivity (Wildman–Crippen MR) is 119 cm³/mol. The minimum atomic E-state index is -0.0985. The fraction of sp³-hybridized carbons (Fsp3) is 0.545. The molecular weight excluding hydrogens is 386 g/mol. The summed E-state index contributed by atoms with van der Waals surface area (Å²) in [6.07, 6.45) is 8.98. The largest absolute Gasteiger partial charge is 0.382 e. The van der Waals surface area contributed by atoms with E-state index in [9.17, 15) is 4.79 Å². The predicted octanol–water partition coefficient (Wildman–Crippen LogP) is 3.64. The van der Waals surface area contributed by atoms with E-state index in [0.717, 1.165) is 29.9 Å². The van der Waals surface area contributed by atoms with Crippen LogP contribution in [0.2, 0.25) is 5.02 Å². The molecule has 1 aromatic carbocycles. The topological polar surface area (TPSA) is 62.2 Å². The molecule has 2 N–H and O–H groups in total. The van der Waals surface area contributed by atoms with Crippen LogP contribution in [-0.2, 0) is 13.5 Å². The van der Waals surface area contributed by atoms with Gasteiger partial charge in [0.05, 0.1) is 0 Å². The first-order chi connectivity index (χ1) is 13.8. The molecule has 7 heteroatoms. The van der Waals surface area contributed by atoms with Gasteiger partial charge in [-0.15, -0.1) is 0 Å². The first-order valence-corrected chi connectivity index (χ1v) is 10.7. The Labute approximate surface area is 178 Å². The van der Waals surface area contributed by atoms with Gasteiger partial charge in [0.25, 0.3) is 5.91 Å². The van der Waals surface area contributed by atoms with Crippen LogP contribution in [0.5, 0.6) is 0 Å². The van der Waals surface area contributed by atoms with Gasteiger partial charge in [0.15, 0.2) is 0 Å². The molecule has 0 spiro atoms. The van der Waals surface area contributed by atoms with E-state index < -0.39 is 0 Å². The average Bonchev–Trinajstić information content (AvgIpc) is 3.09. The maximum atomic E-state index is 12.8. The third kappa shape index (κ3) is 5.52. The van der Waals surface area contributed by atoms with E-state index in [0.29, 0.717) is 35.6 Å². The second kappa shape index (κ2) is 9.63. The van der Waals surface area contributed by atoms with Gasteiger partial charge in [0, 0.05) is 60.8 Å². The Balaban J connectivity index is 1.62. The molecule has 1 aliphatic rings. The SMILES string of the molecule is Cc1c(NC2CCC(N(C)C)CC2)cc(Cl)cc1C(=O)NCCc1nccn1C. The van der Waals surface area contributed by atoms with Crippen LogP contribution in [0.3, 0.4) is 0 Å². The smallest absolute Gasteiger partial charge is 0.251 e. The number of aryl methyl sites for hydroxylation is 1. The first-order valence-electron chi connectivity index (χ1n) is 10.3. The average molecular weight is 418 g/mol. The molecule has 0 bridgehead atoms. The highest BCUT2D eigenvalue weighted by molar-refractivity contribution is 6.31. The van der Waals surface area contributed by atoms with Crippen LogP contribution in [0.25, 0.3) is 0 Å². The fourth-order valence-electron chi connectivity index (χ4n) is 4.04. The van der Waals surface area contributed by atoms with Crippen LogP contribution >= 0.6 is 11.6 Å². The highest BCUT2D eigenvalue weighted by atomic mass is 35.5. The number of anilines is 1. The van der Waals surface area contributed by atoms with Crippen molar-refractivity contribution >= 4 is 23.2 Å². The van der Waals surface area contributed by atoms with Gasteiger partial charge < -0.3 is 20.1 Å². The summed E-state index contributed by atoms with van der Waals surface area (Å²) < 4.78 is 1.96. The molecule has 2 aromatic rings. The number of amides is 1. The van der Waals surface area contributed by atoms with Crippen LogP contribution < -0.4 is 10.6 Å². The Morgan fingerprint density at radius 3 is 2.62 bits per heavy atom. The van der Waals surface area contributed by atoms with Gasteiger partial charge in [0.1, 0.15) is 5.82 Å². The number of hydrogen-bond acceptors (Lipinski definition) is 4. The molecule has 0 unspecified atom stereocenters. The summed E-state index contributed by atoms with van der Waals surface area (Å²) in [6.45, 7) is 2.52. The van der Waals surface area contributed by atoms with Crippen LogP contribution in [-0.4, -0.2) is 53.1 Å². The third-order valence-corrected chi connectivity index (χ3v) is 6.18. The van der Waals surface area contributed by atoms with E-state index in [1.54, 1.807) is 12.3 Å². The lowest BCUT2D eigenvalue weighted by Gasteiger charge is -2.33. The fourth-order valence-corrected chi connectivity index (χ4v) is 4.26. The maximum absolute atomic E-state index is 12.8. The Hall–Kier alpha value is -2.05. The highest BCUT2D eigenvalue weighted by Gasteiger charge is 2.23. The number of nitrogens with one attached hydrogen (secondary N) is 2. The molecule has 3 rings (SSSR count). The highest BCUT2D eigenvalue weighted by Crippen LogP contribution is 2.29. The van der Waals surface area contributed by atoms with Crippen molar-refractivity contribution in [2.24, 2.45) is 7.05 Å². The Morgan fingerprint density at radius 2 is 2.00 bits per heavy atom. The molecule has 0 radical (unpaired) electrons. The van der Waals surface area contributed by atoms with Crippen molar-refractivity contribution < 1.29 is 4.79 Å². The molecule has 1 heterocycles. The summed E-state index contributed by atoms with van der Waals surface area (Å²) in [5.74, 6) is 0.849. The van der Waals surface area contributed by atoms with Gasteiger partial charge in [-0.1, -0.05) is 11.6 Å². The lowest BCUT2D eigenvalue weighted by molar-refractivity contribution is 0.0953. The molecule has 0 atom stereocenters. The van der Waals surface area contributed by atoms with Crippen molar-refractivity contribution in [3.8, 4) is 0 Å². The molecule has 0 aliphatic heterocycles. The number of imidazole rings is 1. The maximum Gasteiger partial charge on any atom is 0.251 e. The standard InChI is InChI=1S/C22H32ClN5O/c1-15-19(22(29)25-10-9-21-24-11-12-28(21)4)13-16(23)14-20(15)26-17-5-7-18(8-6-17)27(2)3/h11-14,17-18,26H,5-10H2,1-4H3,(H,25,29). The molecular formula is C22H32ClN5O. The molecule has 29 heavy (non-hydrogen) atoms. The van der Waals surface area contributed by atoms with Crippen LogP contribution in [0, 0.1) is 6.92 Å². The quantitative estimate of drug-likeness (QED) is 0.722. The van der Waals surface area contributed by atoms with Crippen molar-refractivity contribution in [1.82, 2.24) is 19.8 Å². The normalized spacial score (nSPS) is 19.4. The molecule has 1 aliphatic carbocycles. The zero-order valence-electron chi connectivity index (χ0n) is 17.8. The lowest BCUT2D eigenvalue weighted by atomic mass is 9.90. The Kier molecular flexibility index (Phi) is 7.19. The summed E-state index contributed by atoms with van der Waals surface area (Å²) in [6, 6.07) is 4.76. The van der Waals surface area contributed by atoms with Crippen LogP contribution in [0.1, 0.15) is 47.4 Å². The number of aromatic nitrogens is 2. The molecule has 0 saturated heterocycles. The summed E-state index contributed by atoms with van der Waals surface area (Å²) in [5.41, 5.74) is 2.53. The number of benzene rings is 1. The molecule has 158 valence electrons. The second-order valence-electron chi connectivity index (χ2n) is 8.20. The summed E-state index contributed by atoms with van der Waals surface area (Å²) in [5, 5.41) is 7.21. The number of rotatable bonds is 7. The first kappa shape index (κ1) is 21.7. The number of hydrogen-bond donors (Lipinski definition) is 2. The number of carbonyl (C=O) groups is 1. The van der Waals surface area contributed by atoms with Crippen molar-refractivity contribution in [3.05, 3.63) is 46.5 Å². The minimum absolute atomic E-state index is 0.0985. The van der Waals surface area contributed by atoms with E-state index in [1.807, 2.05) is 30.8 Å². The molecule has 6 nitrogen and oxygen atoms in total. The Morgan fingerprint density at radius 1 is 1.28 bits per heavy atom. The van der Waals surface area contributed by atoms with E-state index in [4.69, 9.17) is 11.6 Å². The third-order valence-electron chi connectivity index (χ3n) is 5.96. The number of carbonyl (C=O) groups excluding carboxylic acids is 1. The van der Waals surface area contributed by atoms with Gasteiger partial charge in [-0.3, -0.25) is 4.79 Å². The zero-order chi connectivity index (χ0) is 21.0. The van der Waals surface area contributed by atoms with Crippen LogP contribution in [0.15, 0.2) is 24.5 Å². The lowest BCUT2D eigenvalue weighted by Crippen LogP contribution is -2.36. The second-order valence-corrected chi connectivity index (χ2v) is 8.64. The minimum Gasteiger partial charge on any atom is -0.382 e. The van der Waals surface area contributed by atoms with Crippen LogP contribution in [0.4, 0.5) is 5.69 Å². The molecule has 1 amide bonds. The van der Waals surface area contributed by atoms with Gasteiger partial charge in [0.2, 0.25) is 0 Å². The van der Waals surface area contributed by atoms with Gasteiger partial charge >= 0.3 is 0 Å². The van der Waals surface area contributed by atoms with Crippen molar-refractivity contribution in [1.29, 1.82) is 0 Å². The van der Waals surface area contributed by atoms with E-state index >= 15 is 0 Å². The van der Waals surface area contributed by atoms with Crippen molar-refractivity contribution in [3.63, 3.8) is 0 Å². The van der Waals surface area contributed by atoms with Crippen molar-refractivity contribution in [2.45, 2.75) is 51.1 Å². The van der Waals surface area contributed by atoms with E-state index in [1.165, 1.54) is 12.8 Å². The zero-order valence-corrected chi connectivity index (χ0v) is 18.6. The molecule has 1 aromatic heterocycles. The monoisotopic (exact) mass is 417 g/mol. The van der Waals surface area contributed by atoms with E-state index in [2.05, 4.69) is 34.6 Å². The molecule has 1 fully saturated rings. The summed E-state index contributed by atoms with van der Waals surface area (Å²) in [4.78, 5) is 19.4. The molecule has 1 saturated carbocycles. The van der Waals surface area contributed by atoms with Gasteiger partial charge in [-0.05, 0) is 64.4 Å². The number of halogens is 1. The van der Waals surface area contributed by atoms with Gasteiger partial charge in [-0.25, -0.2) is 4.98 Å². The summed E-state index contributed by atoms with van der Waals surface area (Å²) in [7, 11) is 6.26. The van der Waals surface area contributed by atoms with E-state index in [-0.39, 0.29) is 5.91 Å². The van der Waals surface area contributed by atoms with Crippen molar-refractivity contribution in [2.75, 3.05) is 26.0 Å². The van der Waals surface area contributed by atoms with Gasteiger partial charge in [-0.2, -0.15) is 0 Å². The Bertz CT molecular complexity index is 840.